The average molecular weight is 435 g/mol. The van der Waals surface area contributed by atoms with Crippen molar-refractivity contribution in [1.82, 2.24) is 15.5 Å². The lowest BCUT2D eigenvalue weighted by Gasteiger charge is -2.36. The van der Waals surface area contributed by atoms with Gasteiger partial charge < -0.3 is 10.6 Å². The monoisotopic (exact) mass is 434 g/mol. The molecule has 3 rings (SSSR count). The highest BCUT2D eigenvalue weighted by Gasteiger charge is 2.45. The maximum Gasteiger partial charge on any atom is 0.405 e. The number of imide groups is 1. The number of carbonyl (C=O) groups is 3. The summed E-state index contributed by atoms with van der Waals surface area (Å²) < 4.78 is 39.2. The summed E-state index contributed by atoms with van der Waals surface area (Å²) in [6.07, 6.45) is -3.73. The molecule has 0 saturated carbocycles. The predicted octanol–water partition coefficient (Wildman–Crippen LogP) is 1.40. The Balaban J connectivity index is 0.00000300. The van der Waals surface area contributed by atoms with E-state index in [1.807, 2.05) is 0 Å². The Kier molecular flexibility index (Phi) is 7.61. The van der Waals surface area contributed by atoms with E-state index in [9.17, 15) is 27.6 Å². The lowest BCUT2D eigenvalue weighted by molar-refractivity contribution is -0.187. The van der Waals surface area contributed by atoms with Crippen molar-refractivity contribution >= 4 is 35.8 Å². The Morgan fingerprint density at radius 2 is 1.90 bits per heavy atom. The molecule has 1 aromatic carbocycles. The van der Waals surface area contributed by atoms with Crippen LogP contribution in [0.1, 0.15) is 24.3 Å². The molecule has 1 aromatic rings. The van der Waals surface area contributed by atoms with Crippen molar-refractivity contribution in [2.75, 3.05) is 31.5 Å². The number of nitrogens with one attached hydrogen (secondary N) is 3. The highest BCUT2D eigenvalue weighted by molar-refractivity contribution is 6.01. The Morgan fingerprint density at radius 3 is 2.52 bits per heavy atom. The van der Waals surface area contributed by atoms with Crippen molar-refractivity contribution in [1.29, 1.82) is 0 Å². The van der Waals surface area contributed by atoms with Crippen LogP contribution in [0, 0.1) is 0 Å². The molecule has 0 spiro atoms. The Labute approximate surface area is 171 Å². The summed E-state index contributed by atoms with van der Waals surface area (Å²) in [5, 5.41) is 7.56. The number of hydrogen-bond acceptors (Lipinski definition) is 5. The second kappa shape index (κ2) is 9.55. The first-order valence-electron chi connectivity index (χ1n) is 8.99. The van der Waals surface area contributed by atoms with E-state index in [4.69, 9.17) is 0 Å². The summed E-state index contributed by atoms with van der Waals surface area (Å²) in [4.78, 5) is 36.4. The van der Waals surface area contributed by atoms with Gasteiger partial charge in [-0.05, 0) is 24.1 Å². The summed E-state index contributed by atoms with van der Waals surface area (Å²) in [5.41, 5.74) is 1.14. The number of piperidine rings is 1. The fourth-order valence-electron chi connectivity index (χ4n) is 3.45. The fraction of sp³-hybridized carbons (Fsp3) is 0.500. The van der Waals surface area contributed by atoms with Gasteiger partial charge in [-0.3, -0.25) is 24.6 Å². The summed E-state index contributed by atoms with van der Waals surface area (Å²) in [6, 6.07) is 4.83. The van der Waals surface area contributed by atoms with E-state index in [-0.39, 0.29) is 50.3 Å². The minimum absolute atomic E-state index is 0. The molecule has 2 heterocycles. The standard InChI is InChI=1S/C18H21F3N4O3.ClH/c19-18(20,21)14-9-22-7-8-25(14)10-16(27)23-12-3-1-11(2-4-12)13-5-6-15(26)24-17(13)28;/h1-4,13-14,22H,5-10H2,(H,23,27)(H,24,26,28);1H/t13?,14-;/m1./s1. The minimum atomic E-state index is -4.41. The molecule has 2 fully saturated rings. The largest absolute Gasteiger partial charge is 0.405 e. The number of hydrogen-bond donors (Lipinski definition) is 3. The molecule has 3 amide bonds. The van der Waals surface area contributed by atoms with Gasteiger partial charge in [-0.2, -0.15) is 13.2 Å². The molecule has 2 aliphatic rings. The molecule has 1 unspecified atom stereocenters. The first-order chi connectivity index (χ1) is 13.2. The first-order valence-corrected chi connectivity index (χ1v) is 8.99. The number of benzene rings is 1. The van der Waals surface area contributed by atoms with Crippen LogP contribution in [0.15, 0.2) is 24.3 Å². The second-order valence-corrected chi connectivity index (χ2v) is 6.91. The molecule has 0 bridgehead atoms. The maximum atomic E-state index is 13.1. The SMILES string of the molecule is Cl.O=C1CCC(c2ccc(NC(=O)CN3CCNC[C@@H]3C(F)(F)F)cc2)C(=O)N1. The van der Waals surface area contributed by atoms with Gasteiger partial charge in [0, 0.05) is 31.7 Å². The molecular weight excluding hydrogens is 413 g/mol. The number of anilines is 1. The van der Waals surface area contributed by atoms with Gasteiger partial charge in [0.25, 0.3) is 0 Å². The van der Waals surface area contributed by atoms with Crippen LogP contribution >= 0.6 is 12.4 Å². The van der Waals surface area contributed by atoms with Crippen LogP contribution < -0.4 is 16.0 Å². The van der Waals surface area contributed by atoms with Gasteiger partial charge in [-0.25, -0.2) is 0 Å². The summed E-state index contributed by atoms with van der Waals surface area (Å²) >= 11 is 0. The van der Waals surface area contributed by atoms with E-state index in [0.29, 0.717) is 24.2 Å². The highest BCUT2D eigenvalue weighted by Crippen LogP contribution is 2.27. The molecule has 0 aliphatic carbocycles. The van der Waals surface area contributed by atoms with E-state index in [2.05, 4.69) is 16.0 Å². The second-order valence-electron chi connectivity index (χ2n) is 6.91. The summed E-state index contributed by atoms with van der Waals surface area (Å²) in [5.74, 6) is -1.62. The van der Waals surface area contributed by atoms with Crippen molar-refractivity contribution in [2.24, 2.45) is 0 Å². The zero-order valence-electron chi connectivity index (χ0n) is 15.4. The van der Waals surface area contributed by atoms with Crippen LogP contribution in [0.5, 0.6) is 0 Å². The van der Waals surface area contributed by atoms with Crippen LogP contribution in [0.2, 0.25) is 0 Å². The Morgan fingerprint density at radius 1 is 1.21 bits per heavy atom. The average Bonchev–Trinajstić information content (AvgIpc) is 2.62. The third kappa shape index (κ3) is 5.91. The van der Waals surface area contributed by atoms with Crippen LogP contribution in [0.4, 0.5) is 18.9 Å². The van der Waals surface area contributed by atoms with Crippen molar-refractivity contribution in [3.63, 3.8) is 0 Å². The number of halogens is 4. The van der Waals surface area contributed by atoms with Gasteiger partial charge in [-0.15, -0.1) is 12.4 Å². The van der Waals surface area contributed by atoms with Crippen LogP contribution in [-0.2, 0) is 14.4 Å². The van der Waals surface area contributed by atoms with Gasteiger partial charge in [0.2, 0.25) is 17.7 Å². The van der Waals surface area contributed by atoms with Crippen molar-refractivity contribution in [2.45, 2.75) is 31.0 Å². The number of carbonyl (C=O) groups excluding carboxylic acids is 3. The number of piperazine rings is 1. The lowest BCUT2D eigenvalue weighted by Crippen LogP contribution is -2.59. The van der Waals surface area contributed by atoms with Crippen LogP contribution in [0.25, 0.3) is 0 Å². The molecule has 2 saturated heterocycles. The zero-order valence-corrected chi connectivity index (χ0v) is 16.2. The van der Waals surface area contributed by atoms with Gasteiger partial charge >= 0.3 is 6.18 Å². The van der Waals surface area contributed by atoms with Crippen molar-refractivity contribution in [3.8, 4) is 0 Å². The number of amides is 3. The quantitative estimate of drug-likeness (QED) is 0.623. The van der Waals surface area contributed by atoms with E-state index in [1.165, 1.54) is 0 Å². The lowest BCUT2D eigenvalue weighted by atomic mass is 9.90. The van der Waals surface area contributed by atoms with Gasteiger partial charge in [-0.1, -0.05) is 12.1 Å². The predicted molar refractivity (Wildman–Crippen MR) is 102 cm³/mol. The van der Waals surface area contributed by atoms with E-state index >= 15 is 0 Å². The first kappa shape index (κ1) is 23.1. The Hall–Kier alpha value is -2.17. The summed E-state index contributed by atoms with van der Waals surface area (Å²) in [7, 11) is 0. The van der Waals surface area contributed by atoms with Gasteiger partial charge in [0.1, 0.15) is 6.04 Å². The molecule has 2 atom stereocenters. The third-order valence-electron chi connectivity index (χ3n) is 4.91. The van der Waals surface area contributed by atoms with E-state index < -0.39 is 24.0 Å². The molecule has 160 valence electrons. The fourth-order valence-corrected chi connectivity index (χ4v) is 3.45. The molecular formula is C18H22ClF3N4O3. The van der Waals surface area contributed by atoms with E-state index in [1.54, 1.807) is 24.3 Å². The van der Waals surface area contributed by atoms with Crippen LogP contribution in [0.3, 0.4) is 0 Å². The number of nitrogens with zero attached hydrogens (tertiary/aromatic N) is 1. The molecule has 3 N–H and O–H groups in total. The highest BCUT2D eigenvalue weighted by atomic mass is 35.5. The smallest absolute Gasteiger partial charge is 0.325 e. The van der Waals surface area contributed by atoms with Crippen LogP contribution in [-0.4, -0.2) is 61.0 Å². The molecule has 0 radical (unpaired) electrons. The maximum absolute atomic E-state index is 13.1. The van der Waals surface area contributed by atoms with Gasteiger partial charge in [0.05, 0.1) is 12.5 Å². The normalized spacial score (nSPS) is 23.1. The molecule has 7 nitrogen and oxygen atoms in total. The molecule has 0 aromatic heterocycles. The third-order valence-corrected chi connectivity index (χ3v) is 4.91. The number of alkyl halides is 3. The molecule has 11 heteroatoms. The van der Waals surface area contributed by atoms with Crippen molar-refractivity contribution < 1.29 is 27.6 Å². The zero-order chi connectivity index (χ0) is 20.3. The van der Waals surface area contributed by atoms with Gasteiger partial charge in [0.15, 0.2) is 0 Å². The van der Waals surface area contributed by atoms with E-state index in [0.717, 1.165) is 4.90 Å². The molecule has 29 heavy (non-hydrogen) atoms. The summed E-state index contributed by atoms with van der Waals surface area (Å²) in [6.45, 7) is -0.0786. The molecule has 2 aliphatic heterocycles. The Bertz CT molecular complexity index is 758. The minimum Gasteiger partial charge on any atom is -0.325 e. The number of rotatable bonds is 4. The van der Waals surface area contributed by atoms with Crippen molar-refractivity contribution in [3.05, 3.63) is 29.8 Å². The topological polar surface area (TPSA) is 90.5 Å².